The minimum atomic E-state index is -4.75. The number of unbranched alkanes of at least 4 members (excludes halogenated alkanes) is 28. The molecule has 0 radical (unpaired) electrons. The number of hydrogen-bond acceptors (Lipinski definition) is 6. The summed E-state index contributed by atoms with van der Waals surface area (Å²) < 4.78 is 26.4. The van der Waals surface area contributed by atoms with Crippen LogP contribution in [0.2, 0.25) is 0 Å². The SMILES string of the molecule is CCCCCCCC/C=C\CCCCCCCC(=O)OC[C@H](COP(=O)(O)O)OC(=O)CCCCCCCCCCCCCCCCCCCC. The first-order chi connectivity index (χ1) is 24.8. The second-order valence-electron chi connectivity index (χ2n) is 14.7. The maximum Gasteiger partial charge on any atom is 0.469 e. The topological polar surface area (TPSA) is 119 Å². The number of carbonyl (C=O) groups excluding carboxylic acids is 2. The van der Waals surface area contributed by atoms with E-state index in [0.717, 1.165) is 51.4 Å². The van der Waals surface area contributed by atoms with Gasteiger partial charge in [-0.25, -0.2) is 4.57 Å². The van der Waals surface area contributed by atoms with Crippen molar-refractivity contribution in [1.29, 1.82) is 0 Å². The molecular formula is C42H81O8P. The molecule has 51 heavy (non-hydrogen) atoms. The Bertz CT molecular complexity index is 843. The summed E-state index contributed by atoms with van der Waals surface area (Å²) in [6.07, 6.45) is 42.2. The van der Waals surface area contributed by atoms with Crippen molar-refractivity contribution in [3.05, 3.63) is 12.2 Å². The molecule has 8 nitrogen and oxygen atoms in total. The van der Waals surface area contributed by atoms with Crippen LogP contribution in [-0.4, -0.2) is 41.0 Å². The van der Waals surface area contributed by atoms with E-state index in [4.69, 9.17) is 19.3 Å². The summed E-state index contributed by atoms with van der Waals surface area (Å²) in [5, 5.41) is 0. The van der Waals surface area contributed by atoms with Crippen LogP contribution in [0.15, 0.2) is 12.2 Å². The molecule has 0 aromatic rings. The lowest BCUT2D eigenvalue weighted by molar-refractivity contribution is -0.161. The van der Waals surface area contributed by atoms with Crippen LogP contribution in [0.4, 0.5) is 0 Å². The minimum absolute atomic E-state index is 0.216. The zero-order valence-corrected chi connectivity index (χ0v) is 34.2. The minimum Gasteiger partial charge on any atom is -0.462 e. The van der Waals surface area contributed by atoms with E-state index in [2.05, 4.69) is 30.5 Å². The Labute approximate surface area is 314 Å². The highest BCUT2D eigenvalue weighted by atomic mass is 31.2. The zero-order valence-electron chi connectivity index (χ0n) is 33.3. The summed E-state index contributed by atoms with van der Waals surface area (Å²) in [7, 11) is -4.75. The molecule has 302 valence electrons. The number of hydrogen-bond donors (Lipinski definition) is 2. The largest absolute Gasteiger partial charge is 0.469 e. The van der Waals surface area contributed by atoms with Crippen molar-refractivity contribution in [2.45, 2.75) is 232 Å². The quantitative estimate of drug-likeness (QED) is 0.0275. The van der Waals surface area contributed by atoms with Gasteiger partial charge in [0.25, 0.3) is 0 Å². The summed E-state index contributed by atoms with van der Waals surface area (Å²) in [6, 6.07) is 0. The average Bonchev–Trinajstić information content (AvgIpc) is 3.10. The van der Waals surface area contributed by atoms with Crippen LogP contribution in [0, 0.1) is 0 Å². The first-order valence-corrected chi connectivity index (χ1v) is 23.0. The van der Waals surface area contributed by atoms with Crippen molar-refractivity contribution in [3.8, 4) is 0 Å². The molecule has 0 aliphatic rings. The molecule has 0 amide bonds. The van der Waals surface area contributed by atoms with Gasteiger partial charge in [0.05, 0.1) is 6.61 Å². The summed E-state index contributed by atoms with van der Waals surface area (Å²) in [4.78, 5) is 42.8. The van der Waals surface area contributed by atoms with Crippen LogP contribution in [-0.2, 0) is 28.2 Å². The number of carbonyl (C=O) groups is 2. The Kier molecular flexibility index (Phi) is 37.6. The molecular weight excluding hydrogens is 663 g/mol. The fourth-order valence-corrected chi connectivity index (χ4v) is 6.67. The number of phosphoric ester groups is 1. The fraction of sp³-hybridized carbons (Fsp3) is 0.905. The molecule has 0 aromatic heterocycles. The summed E-state index contributed by atoms with van der Waals surface area (Å²) in [5.41, 5.74) is 0. The van der Waals surface area contributed by atoms with E-state index in [1.807, 2.05) is 0 Å². The monoisotopic (exact) mass is 745 g/mol. The van der Waals surface area contributed by atoms with E-state index in [1.54, 1.807) is 0 Å². The molecule has 1 atom stereocenters. The van der Waals surface area contributed by atoms with Gasteiger partial charge in [0.2, 0.25) is 0 Å². The molecule has 0 heterocycles. The van der Waals surface area contributed by atoms with Crippen LogP contribution < -0.4 is 0 Å². The third-order valence-corrected chi connectivity index (χ3v) is 10.0. The van der Waals surface area contributed by atoms with E-state index in [1.165, 1.54) is 141 Å². The second kappa shape index (κ2) is 38.5. The lowest BCUT2D eigenvalue weighted by Gasteiger charge is -2.18. The van der Waals surface area contributed by atoms with Gasteiger partial charge in [-0.05, 0) is 38.5 Å². The molecule has 0 aromatic carbocycles. The van der Waals surface area contributed by atoms with Gasteiger partial charge in [-0.3, -0.25) is 14.1 Å². The standard InChI is InChI=1S/C42H81O8P/c1-3-5-7-9-11-13-15-17-19-20-21-23-25-27-29-31-33-35-37-42(44)50-40(39-49-51(45,46)47)38-48-41(43)36-34-32-30-28-26-24-22-18-16-14-12-10-8-6-4-2/h18,22,40H,3-17,19-21,23-39H2,1-2H3,(H2,45,46,47)/b22-18-/t40-/m1/s1. The molecule has 0 unspecified atom stereocenters. The van der Waals surface area contributed by atoms with E-state index >= 15 is 0 Å². The molecule has 0 rings (SSSR count). The maximum atomic E-state index is 12.4. The Balaban J connectivity index is 3.87. The zero-order chi connectivity index (χ0) is 37.5. The van der Waals surface area contributed by atoms with Gasteiger partial charge in [-0.2, -0.15) is 0 Å². The Morgan fingerprint density at radius 1 is 0.490 bits per heavy atom. The number of esters is 2. The third-order valence-electron chi connectivity index (χ3n) is 9.53. The van der Waals surface area contributed by atoms with Crippen molar-refractivity contribution < 1.29 is 37.9 Å². The summed E-state index contributed by atoms with van der Waals surface area (Å²) >= 11 is 0. The molecule has 0 aliphatic heterocycles. The van der Waals surface area contributed by atoms with Crippen LogP contribution in [0.5, 0.6) is 0 Å². The molecule has 0 fully saturated rings. The molecule has 9 heteroatoms. The number of allylic oxidation sites excluding steroid dienone is 2. The lowest BCUT2D eigenvalue weighted by Crippen LogP contribution is -2.29. The van der Waals surface area contributed by atoms with Gasteiger partial charge in [-0.1, -0.05) is 187 Å². The smallest absolute Gasteiger partial charge is 0.462 e. The Morgan fingerprint density at radius 2 is 0.824 bits per heavy atom. The van der Waals surface area contributed by atoms with E-state index in [-0.39, 0.29) is 19.4 Å². The van der Waals surface area contributed by atoms with Crippen LogP contribution >= 0.6 is 7.82 Å². The van der Waals surface area contributed by atoms with E-state index in [0.29, 0.717) is 6.42 Å². The molecule has 0 spiro atoms. The average molecular weight is 745 g/mol. The van der Waals surface area contributed by atoms with E-state index < -0.39 is 32.5 Å². The Morgan fingerprint density at radius 3 is 1.20 bits per heavy atom. The number of rotatable bonds is 40. The molecule has 0 aliphatic carbocycles. The van der Waals surface area contributed by atoms with Crippen molar-refractivity contribution in [1.82, 2.24) is 0 Å². The first-order valence-electron chi connectivity index (χ1n) is 21.5. The van der Waals surface area contributed by atoms with Gasteiger partial charge >= 0.3 is 19.8 Å². The van der Waals surface area contributed by atoms with Crippen LogP contribution in [0.1, 0.15) is 226 Å². The molecule has 2 N–H and O–H groups in total. The van der Waals surface area contributed by atoms with Gasteiger partial charge in [0.15, 0.2) is 6.10 Å². The highest BCUT2D eigenvalue weighted by Crippen LogP contribution is 2.36. The van der Waals surface area contributed by atoms with Crippen LogP contribution in [0.25, 0.3) is 0 Å². The van der Waals surface area contributed by atoms with Crippen molar-refractivity contribution >= 4 is 19.8 Å². The van der Waals surface area contributed by atoms with Crippen molar-refractivity contribution in [2.75, 3.05) is 13.2 Å². The van der Waals surface area contributed by atoms with E-state index in [9.17, 15) is 14.2 Å². The molecule has 0 saturated carbocycles. The van der Waals surface area contributed by atoms with Gasteiger partial charge in [0, 0.05) is 12.8 Å². The van der Waals surface area contributed by atoms with Gasteiger partial charge in [-0.15, -0.1) is 0 Å². The Hall–Kier alpha value is -1.21. The van der Waals surface area contributed by atoms with Crippen LogP contribution in [0.3, 0.4) is 0 Å². The number of ether oxygens (including phenoxy) is 2. The summed E-state index contributed by atoms with van der Waals surface area (Å²) in [6.45, 7) is 3.70. The lowest BCUT2D eigenvalue weighted by atomic mass is 10.0. The van der Waals surface area contributed by atoms with Crippen molar-refractivity contribution in [3.63, 3.8) is 0 Å². The van der Waals surface area contributed by atoms with Crippen molar-refractivity contribution in [2.24, 2.45) is 0 Å². The summed E-state index contributed by atoms with van der Waals surface area (Å²) in [5.74, 6) is -0.882. The fourth-order valence-electron chi connectivity index (χ4n) is 6.31. The predicted molar refractivity (Wildman–Crippen MR) is 212 cm³/mol. The second-order valence-corrected chi connectivity index (χ2v) is 15.9. The third kappa shape index (κ3) is 41.4. The molecule has 0 bridgehead atoms. The maximum absolute atomic E-state index is 12.4. The highest BCUT2D eigenvalue weighted by molar-refractivity contribution is 7.46. The number of phosphoric acid groups is 1. The van der Waals surface area contributed by atoms with Gasteiger partial charge < -0.3 is 19.3 Å². The molecule has 0 saturated heterocycles. The first kappa shape index (κ1) is 49.8. The normalized spacial score (nSPS) is 12.5. The predicted octanol–water partition coefficient (Wildman–Crippen LogP) is 13.0. The highest BCUT2D eigenvalue weighted by Gasteiger charge is 2.22. The van der Waals surface area contributed by atoms with Gasteiger partial charge in [0.1, 0.15) is 6.61 Å².